The van der Waals surface area contributed by atoms with E-state index >= 15 is 0 Å². The number of aromatic nitrogens is 2. The number of Topliss-reactive ketones (excluding diaryl/α,β-unsaturated/α-hetero) is 1. The summed E-state index contributed by atoms with van der Waals surface area (Å²) >= 11 is 3.52. The first-order chi connectivity index (χ1) is 14.4. The van der Waals surface area contributed by atoms with E-state index in [-0.39, 0.29) is 5.78 Å². The zero-order valence-electron chi connectivity index (χ0n) is 17.5. The molecule has 0 amide bonds. The number of fused-ring (bicyclic) bond motifs is 1. The third-order valence-corrected chi connectivity index (χ3v) is 6.27. The van der Waals surface area contributed by atoms with Gasteiger partial charge in [-0.25, -0.2) is 4.85 Å². The number of piperidine rings is 1. The molecule has 1 saturated heterocycles. The molecule has 0 saturated carbocycles. The molecular formula is C24H25BrN4O. The average Bonchev–Trinajstić information content (AvgIpc) is 2.98. The van der Waals surface area contributed by atoms with E-state index in [1.807, 2.05) is 25.1 Å². The Morgan fingerprint density at radius 2 is 1.90 bits per heavy atom. The number of pyridine rings is 1. The van der Waals surface area contributed by atoms with Crippen molar-refractivity contribution >= 4 is 38.4 Å². The number of halogens is 1. The van der Waals surface area contributed by atoms with Crippen LogP contribution in [0.4, 0.5) is 5.69 Å². The molecule has 1 aliphatic heterocycles. The highest BCUT2D eigenvalue weighted by Gasteiger charge is 2.27. The normalized spacial score (nSPS) is 19.7. The van der Waals surface area contributed by atoms with Gasteiger partial charge in [-0.15, -0.1) is 0 Å². The second-order valence-corrected chi connectivity index (χ2v) is 9.42. The Kier molecular flexibility index (Phi) is 5.77. The molecule has 0 radical (unpaired) electrons. The standard InChI is InChI=1S/C24H25BrN4O/c1-15-9-16(2)13-28(12-15)14-22(30)23-17(3)29(20-7-5-19(26-4)6-8-20)21-10-18(25)11-27-24(21)23/h5-8,10-11,15-16H,9,12-14H2,1-3H3/t15-,16-/m1/s1. The maximum absolute atomic E-state index is 13.4. The Morgan fingerprint density at radius 1 is 1.23 bits per heavy atom. The number of carbonyl (C=O) groups excluding carboxylic acids is 1. The fourth-order valence-corrected chi connectivity index (χ4v) is 5.12. The van der Waals surface area contributed by atoms with E-state index in [0.717, 1.165) is 40.0 Å². The number of hydrogen-bond acceptors (Lipinski definition) is 3. The van der Waals surface area contributed by atoms with Crippen molar-refractivity contribution in [2.75, 3.05) is 19.6 Å². The quantitative estimate of drug-likeness (QED) is 0.361. The molecule has 0 N–H and O–H groups in total. The Balaban J connectivity index is 1.77. The van der Waals surface area contributed by atoms with Crippen LogP contribution in [0.2, 0.25) is 0 Å². The minimum absolute atomic E-state index is 0.116. The van der Waals surface area contributed by atoms with Gasteiger partial charge in [-0.1, -0.05) is 26.0 Å². The zero-order valence-corrected chi connectivity index (χ0v) is 19.1. The third-order valence-electron chi connectivity index (χ3n) is 5.84. The average molecular weight is 465 g/mol. The monoisotopic (exact) mass is 464 g/mol. The van der Waals surface area contributed by atoms with Gasteiger partial charge >= 0.3 is 0 Å². The smallest absolute Gasteiger partial charge is 0.187 e. The molecule has 1 fully saturated rings. The van der Waals surface area contributed by atoms with Gasteiger partial charge in [-0.05, 0) is 59.3 Å². The van der Waals surface area contributed by atoms with Crippen LogP contribution in [0.15, 0.2) is 41.0 Å². The number of ketones is 1. The molecular weight excluding hydrogens is 440 g/mol. The maximum atomic E-state index is 13.4. The van der Waals surface area contributed by atoms with Crippen LogP contribution in [-0.2, 0) is 0 Å². The van der Waals surface area contributed by atoms with E-state index in [4.69, 9.17) is 6.57 Å². The Bertz CT molecular complexity index is 1130. The lowest BCUT2D eigenvalue weighted by Crippen LogP contribution is -2.41. The van der Waals surface area contributed by atoms with E-state index < -0.39 is 0 Å². The van der Waals surface area contributed by atoms with Gasteiger partial charge in [0.1, 0.15) is 0 Å². The summed E-state index contributed by atoms with van der Waals surface area (Å²) in [7, 11) is 0. The highest BCUT2D eigenvalue weighted by Crippen LogP contribution is 2.31. The molecule has 5 nitrogen and oxygen atoms in total. The highest BCUT2D eigenvalue weighted by molar-refractivity contribution is 9.10. The number of hydrogen-bond donors (Lipinski definition) is 0. The fraction of sp³-hybridized carbons (Fsp3) is 0.375. The summed E-state index contributed by atoms with van der Waals surface area (Å²) in [6.07, 6.45) is 2.97. The summed E-state index contributed by atoms with van der Waals surface area (Å²) in [5, 5.41) is 0. The molecule has 6 heteroatoms. The highest BCUT2D eigenvalue weighted by atomic mass is 79.9. The van der Waals surface area contributed by atoms with E-state index in [9.17, 15) is 4.79 Å². The first kappa shape index (κ1) is 20.8. The van der Waals surface area contributed by atoms with Gasteiger partial charge in [0.2, 0.25) is 0 Å². The van der Waals surface area contributed by atoms with Crippen LogP contribution in [0.5, 0.6) is 0 Å². The number of rotatable bonds is 4. The topological polar surface area (TPSA) is 42.5 Å². The van der Waals surface area contributed by atoms with Gasteiger partial charge in [-0.2, -0.15) is 0 Å². The minimum Gasteiger partial charge on any atom is -0.312 e. The van der Waals surface area contributed by atoms with Crippen LogP contribution in [0.3, 0.4) is 0 Å². The Labute approximate surface area is 185 Å². The summed E-state index contributed by atoms with van der Waals surface area (Å²) in [6.45, 7) is 16.0. The number of likely N-dealkylation sites (tertiary alicyclic amines) is 1. The van der Waals surface area contributed by atoms with Crippen molar-refractivity contribution in [1.29, 1.82) is 0 Å². The number of benzene rings is 1. The second-order valence-electron chi connectivity index (χ2n) is 8.51. The molecule has 3 aromatic rings. The van der Waals surface area contributed by atoms with Gasteiger partial charge in [0.05, 0.1) is 29.7 Å². The molecule has 154 valence electrons. The van der Waals surface area contributed by atoms with E-state index in [0.29, 0.717) is 29.6 Å². The molecule has 30 heavy (non-hydrogen) atoms. The lowest BCUT2D eigenvalue weighted by Gasteiger charge is -2.34. The molecule has 0 bridgehead atoms. The molecule has 4 rings (SSSR count). The first-order valence-electron chi connectivity index (χ1n) is 10.3. The van der Waals surface area contributed by atoms with Crippen molar-refractivity contribution in [3.05, 3.63) is 63.7 Å². The molecule has 0 spiro atoms. The van der Waals surface area contributed by atoms with Gasteiger partial charge in [0.25, 0.3) is 0 Å². The molecule has 2 atom stereocenters. The van der Waals surface area contributed by atoms with Gasteiger partial charge in [-0.3, -0.25) is 14.7 Å². The summed E-state index contributed by atoms with van der Waals surface area (Å²) < 4.78 is 2.93. The van der Waals surface area contributed by atoms with Crippen molar-refractivity contribution in [3.8, 4) is 5.69 Å². The third kappa shape index (κ3) is 3.92. The predicted octanol–water partition coefficient (Wildman–Crippen LogP) is 5.81. The van der Waals surface area contributed by atoms with E-state index in [1.54, 1.807) is 18.3 Å². The number of nitrogens with zero attached hydrogens (tertiary/aromatic N) is 4. The van der Waals surface area contributed by atoms with Crippen molar-refractivity contribution in [2.24, 2.45) is 11.8 Å². The van der Waals surface area contributed by atoms with Crippen molar-refractivity contribution < 1.29 is 4.79 Å². The molecule has 1 aliphatic rings. The summed E-state index contributed by atoms with van der Waals surface area (Å²) in [4.78, 5) is 23.8. The lowest BCUT2D eigenvalue weighted by atomic mass is 9.91. The van der Waals surface area contributed by atoms with Crippen LogP contribution in [0.1, 0.15) is 36.3 Å². The van der Waals surface area contributed by atoms with Crippen LogP contribution >= 0.6 is 15.9 Å². The predicted molar refractivity (Wildman–Crippen MR) is 123 cm³/mol. The first-order valence-corrected chi connectivity index (χ1v) is 11.1. The summed E-state index contributed by atoms with van der Waals surface area (Å²) in [6, 6.07) is 9.44. The Hall–Kier alpha value is -2.49. The van der Waals surface area contributed by atoms with Gasteiger partial charge in [0, 0.05) is 35.1 Å². The number of carbonyl (C=O) groups is 1. The fourth-order valence-electron chi connectivity index (χ4n) is 4.80. The van der Waals surface area contributed by atoms with Crippen molar-refractivity contribution in [3.63, 3.8) is 0 Å². The van der Waals surface area contributed by atoms with Crippen molar-refractivity contribution in [2.45, 2.75) is 27.2 Å². The summed E-state index contributed by atoms with van der Waals surface area (Å²) in [5.74, 6) is 1.34. The van der Waals surface area contributed by atoms with Gasteiger partial charge < -0.3 is 4.57 Å². The Morgan fingerprint density at radius 3 is 2.53 bits per heavy atom. The molecule has 3 heterocycles. The molecule has 1 aromatic carbocycles. The SMILES string of the molecule is [C-]#[N+]c1ccc(-n2c(C)c(C(=O)CN3C[C@H](C)C[C@@H](C)C3)c3ncc(Br)cc32)cc1. The van der Waals surface area contributed by atoms with Crippen LogP contribution in [0, 0.1) is 25.3 Å². The zero-order chi connectivity index (χ0) is 21.4. The minimum atomic E-state index is 0.116. The summed E-state index contributed by atoms with van der Waals surface area (Å²) in [5.41, 5.74) is 4.71. The largest absolute Gasteiger partial charge is 0.312 e. The molecule has 2 aromatic heterocycles. The lowest BCUT2D eigenvalue weighted by molar-refractivity contribution is 0.0850. The maximum Gasteiger partial charge on any atom is 0.187 e. The second kappa shape index (κ2) is 8.33. The van der Waals surface area contributed by atoms with Gasteiger partial charge in [0.15, 0.2) is 11.5 Å². The van der Waals surface area contributed by atoms with Crippen LogP contribution in [-0.4, -0.2) is 39.9 Å². The van der Waals surface area contributed by atoms with E-state index in [2.05, 4.69) is 49.1 Å². The molecule has 0 aliphatic carbocycles. The van der Waals surface area contributed by atoms with E-state index in [1.165, 1.54) is 6.42 Å². The van der Waals surface area contributed by atoms with Crippen molar-refractivity contribution in [1.82, 2.24) is 14.5 Å². The van der Waals surface area contributed by atoms with Crippen LogP contribution in [0.25, 0.3) is 21.6 Å². The molecule has 0 unspecified atom stereocenters. The van der Waals surface area contributed by atoms with Crippen LogP contribution < -0.4 is 0 Å².